The summed E-state index contributed by atoms with van der Waals surface area (Å²) in [5, 5.41) is 0. The zero-order valence-electron chi connectivity index (χ0n) is 14.5. The number of hydrogen-bond donors (Lipinski definition) is 0. The normalized spacial score (nSPS) is 10.5. The Bertz CT molecular complexity index is 961. The molecule has 0 amide bonds. The molecule has 3 aromatic rings. The maximum atomic E-state index is 12.7. The van der Waals surface area contributed by atoms with Gasteiger partial charge in [-0.3, -0.25) is 4.79 Å². The fourth-order valence-electron chi connectivity index (χ4n) is 2.58. The fraction of sp³-hybridized carbons (Fsp3) is 0.143. The van der Waals surface area contributed by atoms with Gasteiger partial charge in [-0.2, -0.15) is 0 Å². The first-order chi connectivity index (χ1) is 12.6. The highest BCUT2D eigenvalue weighted by atomic mass is 32.2. The van der Waals surface area contributed by atoms with Gasteiger partial charge < -0.3 is 4.74 Å². The molecule has 2 aromatic carbocycles. The van der Waals surface area contributed by atoms with E-state index in [4.69, 9.17) is 4.74 Å². The number of thioether (sulfide) groups is 1. The van der Waals surface area contributed by atoms with Crippen LogP contribution in [0.3, 0.4) is 0 Å². The van der Waals surface area contributed by atoms with Crippen LogP contribution in [0.4, 0.5) is 0 Å². The first-order valence-electron chi connectivity index (χ1n) is 8.19. The summed E-state index contributed by atoms with van der Waals surface area (Å²) in [5.41, 5.74) is 1.58. The van der Waals surface area contributed by atoms with Gasteiger partial charge in [-0.05, 0) is 36.4 Å². The van der Waals surface area contributed by atoms with Crippen LogP contribution in [0.25, 0.3) is 20.9 Å². The molecule has 0 radical (unpaired) electrons. The van der Waals surface area contributed by atoms with Gasteiger partial charge in [0.05, 0.1) is 11.5 Å². The molecule has 0 N–H and O–H groups in total. The molecule has 0 fully saturated rings. The maximum absolute atomic E-state index is 12.7. The van der Waals surface area contributed by atoms with Gasteiger partial charge in [0.1, 0.15) is 5.56 Å². The predicted molar refractivity (Wildman–Crippen MR) is 109 cm³/mol. The van der Waals surface area contributed by atoms with E-state index < -0.39 is 5.97 Å². The summed E-state index contributed by atoms with van der Waals surface area (Å²) in [6, 6.07) is 19.0. The summed E-state index contributed by atoms with van der Waals surface area (Å²) >= 11 is 3.10. The first kappa shape index (κ1) is 18.4. The Balaban J connectivity index is 2.18. The number of rotatable bonds is 5. The van der Waals surface area contributed by atoms with Gasteiger partial charge >= 0.3 is 5.97 Å². The molecule has 3 nitrogen and oxygen atoms in total. The smallest absolute Gasteiger partial charge is 0.343 e. The van der Waals surface area contributed by atoms with Crippen molar-refractivity contribution >= 4 is 29.1 Å². The molecular formula is C21H18O3S2. The van der Waals surface area contributed by atoms with E-state index in [-0.39, 0.29) is 17.6 Å². The lowest BCUT2D eigenvalue weighted by atomic mass is 10.1. The molecule has 0 spiro atoms. The number of hydrogen-bond acceptors (Lipinski definition) is 5. The van der Waals surface area contributed by atoms with Crippen LogP contribution in [0.2, 0.25) is 0 Å². The molecule has 0 aliphatic carbocycles. The van der Waals surface area contributed by atoms with Gasteiger partial charge in [-0.15, -0.1) is 23.1 Å². The molecule has 1 aromatic heterocycles. The van der Waals surface area contributed by atoms with Crippen molar-refractivity contribution in [3.8, 4) is 20.9 Å². The summed E-state index contributed by atoms with van der Waals surface area (Å²) < 4.78 is 5.11. The van der Waals surface area contributed by atoms with E-state index >= 15 is 0 Å². The second-order valence-electron chi connectivity index (χ2n) is 5.49. The molecule has 0 bridgehead atoms. The molecule has 0 atom stereocenters. The van der Waals surface area contributed by atoms with Crippen molar-refractivity contribution in [1.82, 2.24) is 0 Å². The lowest BCUT2D eigenvalue weighted by molar-refractivity contribution is 0.0526. The van der Waals surface area contributed by atoms with E-state index in [1.165, 1.54) is 17.4 Å². The summed E-state index contributed by atoms with van der Waals surface area (Å²) in [4.78, 5) is 27.7. The van der Waals surface area contributed by atoms with Crippen LogP contribution in [0.15, 0.2) is 70.4 Å². The predicted octanol–water partition coefficient (Wildman–Crippen LogP) is 5.34. The van der Waals surface area contributed by atoms with Crippen LogP contribution in [-0.4, -0.2) is 18.8 Å². The maximum Gasteiger partial charge on any atom is 0.343 e. The van der Waals surface area contributed by atoms with Crippen molar-refractivity contribution in [1.29, 1.82) is 0 Å². The minimum absolute atomic E-state index is 0.104. The second-order valence-corrected chi connectivity index (χ2v) is 7.43. The molecule has 0 aliphatic heterocycles. The lowest BCUT2D eigenvalue weighted by Crippen LogP contribution is -2.17. The number of carbonyl (C=O) groups excluding carboxylic acids is 1. The van der Waals surface area contributed by atoms with Crippen LogP contribution in [0.5, 0.6) is 0 Å². The first-order valence-corrected chi connectivity index (χ1v) is 10.2. The molecular weight excluding hydrogens is 364 g/mol. The van der Waals surface area contributed by atoms with Gasteiger partial charge in [0.15, 0.2) is 5.43 Å². The van der Waals surface area contributed by atoms with Gasteiger partial charge in [0.25, 0.3) is 0 Å². The molecule has 26 heavy (non-hydrogen) atoms. The van der Waals surface area contributed by atoms with Gasteiger partial charge in [-0.1, -0.05) is 42.5 Å². The van der Waals surface area contributed by atoms with E-state index in [0.717, 1.165) is 20.9 Å². The Labute approximate surface area is 160 Å². The highest BCUT2D eigenvalue weighted by Gasteiger charge is 2.20. The molecule has 0 saturated heterocycles. The summed E-state index contributed by atoms with van der Waals surface area (Å²) in [7, 11) is 0. The largest absolute Gasteiger partial charge is 0.462 e. The van der Waals surface area contributed by atoms with Gasteiger partial charge in [0.2, 0.25) is 0 Å². The Morgan fingerprint density at radius 2 is 1.73 bits per heavy atom. The van der Waals surface area contributed by atoms with Crippen LogP contribution in [-0.2, 0) is 4.74 Å². The Morgan fingerprint density at radius 1 is 1.04 bits per heavy atom. The SMILES string of the molecule is CCOC(=O)c1c(-c2ccccc2)sc(-c2ccc(SC)cc2)cc1=O. The Morgan fingerprint density at radius 3 is 2.35 bits per heavy atom. The average molecular weight is 383 g/mol. The third kappa shape index (κ3) is 3.89. The quantitative estimate of drug-likeness (QED) is 0.441. The molecule has 1 heterocycles. The minimum atomic E-state index is -0.572. The van der Waals surface area contributed by atoms with Crippen LogP contribution >= 0.6 is 23.1 Å². The number of esters is 1. The lowest BCUT2D eigenvalue weighted by Gasteiger charge is -2.10. The van der Waals surface area contributed by atoms with Crippen molar-refractivity contribution in [2.45, 2.75) is 11.8 Å². The van der Waals surface area contributed by atoms with Crippen molar-refractivity contribution in [2.24, 2.45) is 0 Å². The second kappa shape index (κ2) is 8.34. The monoisotopic (exact) mass is 382 g/mol. The highest BCUT2D eigenvalue weighted by Crippen LogP contribution is 2.34. The van der Waals surface area contributed by atoms with E-state index in [0.29, 0.717) is 4.88 Å². The highest BCUT2D eigenvalue weighted by molar-refractivity contribution is 7.98. The topological polar surface area (TPSA) is 43.4 Å². The fourth-order valence-corrected chi connectivity index (χ4v) is 4.17. The Hall–Kier alpha value is -2.37. The molecule has 0 saturated carbocycles. The van der Waals surface area contributed by atoms with Crippen molar-refractivity contribution in [2.75, 3.05) is 12.9 Å². The van der Waals surface area contributed by atoms with E-state index in [9.17, 15) is 9.59 Å². The van der Waals surface area contributed by atoms with E-state index in [2.05, 4.69) is 0 Å². The van der Waals surface area contributed by atoms with Crippen LogP contribution in [0, 0.1) is 0 Å². The van der Waals surface area contributed by atoms with Gasteiger partial charge in [-0.25, -0.2) is 4.79 Å². The van der Waals surface area contributed by atoms with Crippen molar-refractivity contribution < 1.29 is 9.53 Å². The van der Waals surface area contributed by atoms with Crippen molar-refractivity contribution in [3.05, 3.63) is 76.5 Å². The van der Waals surface area contributed by atoms with E-state index in [1.54, 1.807) is 18.7 Å². The third-order valence-electron chi connectivity index (χ3n) is 3.84. The minimum Gasteiger partial charge on any atom is -0.462 e. The Kier molecular flexibility index (Phi) is 5.91. The molecule has 3 rings (SSSR count). The van der Waals surface area contributed by atoms with Gasteiger partial charge in [0, 0.05) is 15.8 Å². The van der Waals surface area contributed by atoms with E-state index in [1.807, 2.05) is 60.9 Å². The summed E-state index contributed by atoms with van der Waals surface area (Å²) in [5.74, 6) is -0.572. The van der Waals surface area contributed by atoms with Crippen LogP contribution in [0.1, 0.15) is 17.3 Å². The van der Waals surface area contributed by atoms with Crippen molar-refractivity contribution in [3.63, 3.8) is 0 Å². The molecule has 0 unspecified atom stereocenters. The standard InChI is InChI=1S/C21H18O3S2/c1-3-24-21(23)19-17(22)13-18(14-9-11-16(25-2)12-10-14)26-20(19)15-7-5-4-6-8-15/h4-13H,3H2,1-2H3. The molecule has 0 aliphatic rings. The number of ether oxygens (including phenoxy) is 1. The summed E-state index contributed by atoms with van der Waals surface area (Å²) in [6.45, 7) is 1.96. The zero-order valence-corrected chi connectivity index (χ0v) is 16.2. The molecule has 5 heteroatoms. The average Bonchev–Trinajstić information content (AvgIpc) is 2.68. The number of carbonyl (C=O) groups is 1. The number of benzene rings is 2. The summed E-state index contributed by atoms with van der Waals surface area (Å²) in [6.07, 6.45) is 2.02. The zero-order chi connectivity index (χ0) is 18.5. The third-order valence-corrected chi connectivity index (χ3v) is 5.80. The van der Waals surface area contributed by atoms with Crippen LogP contribution < -0.4 is 5.43 Å². The molecule has 132 valence electrons.